The van der Waals surface area contributed by atoms with Gasteiger partial charge < -0.3 is 10.6 Å². The highest BCUT2D eigenvalue weighted by molar-refractivity contribution is 7.89. The Kier molecular flexibility index (Phi) is 7.17. The molecule has 1 aliphatic rings. The van der Waals surface area contributed by atoms with Crippen molar-refractivity contribution in [2.45, 2.75) is 43.5 Å². The first-order chi connectivity index (χ1) is 14.4. The minimum absolute atomic E-state index is 0.0560. The molecule has 30 heavy (non-hydrogen) atoms. The third-order valence-electron chi connectivity index (χ3n) is 5.03. The number of sulfonamides is 1. The monoisotopic (exact) mass is 430 g/mol. The fourth-order valence-electron chi connectivity index (χ4n) is 3.41. The maximum Gasteiger partial charge on any atom is 0.251 e. The normalized spacial score (nSPS) is 17.3. The lowest BCUT2D eigenvalue weighted by molar-refractivity contribution is -0.116. The summed E-state index contributed by atoms with van der Waals surface area (Å²) in [6, 6.07) is 9.40. The molecule has 0 bridgehead atoms. The van der Waals surface area contributed by atoms with Crippen LogP contribution in [0, 0.1) is 0 Å². The number of carbonyl (C=O) groups is 2. The number of rotatable bonds is 7. The molecule has 1 aromatic carbocycles. The van der Waals surface area contributed by atoms with Crippen LogP contribution in [0.2, 0.25) is 0 Å². The van der Waals surface area contributed by atoms with Crippen LogP contribution in [-0.2, 0) is 14.8 Å². The molecule has 0 saturated carbocycles. The summed E-state index contributed by atoms with van der Waals surface area (Å²) in [6.07, 6.45) is 5.92. The molecule has 0 spiro atoms. The van der Waals surface area contributed by atoms with Gasteiger partial charge in [0.1, 0.15) is 0 Å². The lowest BCUT2D eigenvalue weighted by Crippen LogP contribution is -2.42. The van der Waals surface area contributed by atoms with E-state index in [1.54, 1.807) is 30.5 Å². The van der Waals surface area contributed by atoms with E-state index in [0.29, 0.717) is 12.2 Å². The molecule has 2 amide bonds. The average Bonchev–Trinajstić information content (AvgIpc) is 2.74. The number of nitrogens with zero attached hydrogens (tertiary/aromatic N) is 2. The van der Waals surface area contributed by atoms with Crippen LogP contribution in [0.15, 0.2) is 53.7 Å². The number of anilines is 1. The van der Waals surface area contributed by atoms with Crippen molar-refractivity contribution in [1.82, 2.24) is 14.6 Å². The van der Waals surface area contributed by atoms with Gasteiger partial charge >= 0.3 is 0 Å². The third-order valence-corrected chi connectivity index (χ3v) is 7.04. The van der Waals surface area contributed by atoms with Gasteiger partial charge in [-0.15, -0.1) is 0 Å². The van der Waals surface area contributed by atoms with Gasteiger partial charge in [0.15, 0.2) is 0 Å². The van der Waals surface area contributed by atoms with Gasteiger partial charge in [-0.05, 0) is 50.1 Å². The number of nitrogens with one attached hydrogen (secondary N) is 2. The molecule has 1 fully saturated rings. The van der Waals surface area contributed by atoms with Crippen LogP contribution in [0.3, 0.4) is 0 Å². The second-order valence-corrected chi connectivity index (χ2v) is 9.17. The molecular formula is C21H26N4O4S. The van der Waals surface area contributed by atoms with Gasteiger partial charge in [-0.2, -0.15) is 4.31 Å². The van der Waals surface area contributed by atoms with Crippen molar-refractivity contribution in [1.29, 1.82) is 0 Å². The smallest absolute Gasteiger partial charge is 0.251 e. The Morgan fingerprint density at radius 1 is 1.20 bits per heavy atom. The highest BCUT2D eigenvalue weighted by atomic mass is 32.2. The predicted molar refractivity (Wildman–Crippen MR) is 113 cm³/mol. The molecule has 1 aliphatic heterocycles. The first-order valence-corrected chi connectivity index (χ1v) is 11.4. The van der Waals surface area contributed by atoms with E-state index in [0.717, 1.165) is 19.3 Å². The number of amides is 2. The van der Waals surface area contributed by atoms with Gasteiger partial charge in [0.25, 0.3) is 5.91 Å². The van der Waals surface area contributed by atoms with E-state index < -0.39 is 15.9 Å². The molecule has 1 atom stereocenters. The summed E-state index contributed by atoms with van der Waals surface area (Å²) in [4.78, 5) is 28.4. The summed E-state index contributed by atoms with van der Waals surface area (Å²) in [5.74, 6) is -0.674. The molecule has 2 N–H and O–H groups in total. The van der Waals surface area contributed by atoms with Crippen molar-refractivity contribution < 1.29 is 18.0 Å². The van der Waals surface area contributed by atoms with Crippen molar-refractivity contribution >= 4 is 27.5 Å². The first kappa shape index (κ1) is 21.9. The van der Waals surface area contributed by atoms with E-state index in [2.05, 4.69) is 15.6 Å². The van der Waals surface area contributed by atoms with Crippen LogP contribution in [0.1, 0.15) is 43.0 Å². The topological polar surface area (TPSA) is 108 Å². The maximum atomic E-state index is 13.0. The summed E-state index contributed by atoms with van der Waals surface area (Å²) < 4.78 is 27.5. The van der Waals surface area contributed by atoms with Crippen molar-refractivity contribution in [3.05, 3.63) is 54.4 Å². The van der Waals surface area contributed by atoms with Crippen LogP contribution in [-0.4, -0.2) is 48.7 Å². The first-order valence-electron chi connectivity index (χ1n) is 9.98. The van der Waals surface area contributed by atoms with Crippen LogP contribution >= 0.6 is 0 Å². The van der Waals surface area contributed by atoms with Crippen molar-refractivity contribution in [3.63, 3.8) is 0 Å². The van der Waals surface area contributed by atoms with E-state index in [-0.39, 0.29) is 35.4 Å². The lowest BCUT2D eigenvalue weighted by atomic mass is 10.1. The van der Waals surface area contributed by atoms with Gasteiger partial charge in [0.05, 0.1) is 16.8 Å². The van der Waals surface area contributed by atoms with Gasteiger partial charge in [-0.1, -0.05) is 12.5 Å². The van der Waals surface area contributed by atoms with Gasteiger partial charge in [0.2, 0.25) is 15.9 Å². The fraction of sp³-hybridized carbons (Fsp3) is 0.381. The molecular weight excluding hydrogens is 404 g/mol. The second-order valence-electron chi connectivity index (χ2n) is 7.28. The Hall–Kier alpha value is -2.78. The standard InChI is InChI=1S/C21H26N4O4S/c1-16-6-2-3-13-25(16)30(28,29)19-9-4-7-17(14-19)21(27)23-12-10-20(26)24-18-8-5-11-22-15-18/h4-5,7-9,11,14-16H,2-3,6,10,12-13H2,1H3,(H,23,27)(H,24,26). The van der Waals surface area contributed by atoms with Crippen molar-refractivity contribution in [2.75, 3.05) is 18.4 Å². The number of pyridine rings is 1. The van der Waals surface area contributed by atoms with E-state index in [9.17, 15) is 18.0 Å². The van der Waals surface area contributed by atoms with E-state index in [1.165, 1.54) is 22.6 Å². The minimum atomic E-state index is -3.65. The largest absolute Gasteiger partial charge is 0.352 e. The van der Waals surface area contributed by atoms with Crippen LogP contribution < -0.4 is 10.6 Å². The zero-order valence-electron chi connectivity index (χ0n) is 16.9. The van der Waals surface area contributed by atoms with Crippen molar-refractivity contribution in [3.8, 4) is 0 Å². The molecule has 8 nitrogen and oxygen atoms in total. The Morgan fingerprint density at radius 3 is 2.77 bits per heavy atom. The highest BCUT2D eigenvalue weighted by Crippen LogP contribution is 2.25. The third kappa shape index (κ3) is 5.43. The summed E-state index contributed by atoms with van der Waals surface area (Å²) >= 11 is 0. The summed E-state index contributed by atoms with van der Waals surface area (Å²) in [6.45, 7) is 2.53. The number of aromatic nitrogens is 1. The SMILES string of the molecule is CC1CCCCN1S(=O)(=O)c1cccc(C(=O)NCCC(=O)Nc2cccnc2)c1. The quantitative estimate of drug-likeness (QED) is 0.701. The Labute approximate surface area is 176 Å². The molecule has 160 valence electrons. The van der Waals surface area contributed by atoms with E-state index in [4.69, 9.17) is 0 Å². The number of hydrogen-bond acceptors (Lipinski definition) is 5. The summed E-state index contributed by atoms with van der Waals surface area (Å²) in [5, 5.41) is 5.35. The van der Waals surface area contributed by atoms with Gasteiger partial charge in [0, 0.05) is 37.3 Å². The molecule has 0 radical (unpaired) electrons. The second kappa shape index (κ2) is 9.82. The fourth-order valence-corrected chi connectivity index (χ4v) is 5.16. The number of benzene rings is 1. The van der Waals surface area contributed by atoms with Gasteiger partial charge in [-0.3, -0.25) is 14.6 Å². The maximum absolute atomic E-state index is 13.0. The Morgan fingerprint density at radius 2 is 2.03 bits per heavy atom. The van der Waals surface area contributed by atoms with Crippen molar-refractivity contribution in [2.24, 2.45) is 0 Å². The Bertz CT molecular complexity index is 995. The number of piperidine rings is 1. The summed E-state index contributed by atoms with van der Waals surface area (Å²) in [5.41, 5.74) is 0.826. The number of carbonyl (C=O) groups excluding carboxylic acids is 2. The number of hydrogen-bond donors (Lipinski definition) is 2. The highest BCUT2D eigenvalue weighted by Gasteiger charge is 2.31. The summed E-state index contributed by atoms with van der Waals surface area (Å²) in [7, 11) is -3.65. The predicted octanol–water partition coefficient (Wildman–Crippen LogP) is 2.40. The molecule has 2 heterocycles. The van der Waals surface area contributed by atoms with Crippen LogP contribution in [0.4, 0.5) is 5.69 Å². The lowest BCUT2D eigenvalue weighted by Gasteiger charge is -2.32. The molecule has 3 rings (SSSR count). The van der Waals surface area contributed by atoms with Gasteiger partial charge in [-0.25, -0.2) is 8.42 Å². The van der Waals surface area contributed by atoms with Crippen LogP contribution in [0.25, 0.3) is 0 Å². The van der Waals surface area contributed by atoms with E-state index >= 15 is 0 Å². The molecule has 2 aromatic rings. The van der Waals surface area contributed by atoms with E-state index in [1.807, 2.05) is 6.92 Å². The Balaban J connectivity index is 1.58. The molecule has 1 aromatic heterocycles. The average molecular weight is 431 g/mol. The molecule has 9 heteroatoms. The molecule has 1 unspecified atom stereocenters. The van der Waals surface area contributed by atoms with Crippen LogP contribution in [0.5, 0.6) is 0 Å². The zero-order chi connectivity index (χ0) is 21.6. The minimum Gasteiger partial charge on any atom is -0.352 e. The zero-order valence-corrected chi connectivity index (χ0v) is 17.7. The molecule has 0 aliphatic carbocycles. The molecule has 1 saturated heterocycles.